The average molecular weight is 350 g/mol. The number of carbonyl (C=O) groups excluding carboxylic acids is 2. The molecule has 1 aromatic carbocycles. The molecule has 1 aliphatic heterocycles. The monoisotopic (exact) mass is 349 g/mol. The van der Waals surface area contributed by atoms with Gasteiger partial charge in [0.05, 0.1) is 16.4 Å². The number of anilines is 3. The number of aryl methyl sites for hydroxylation is 1. The molecule has 24 heavy (non-hydrogen) atoms. The molecule has 0 saturated carbocycles. The van der Waals surface area contributed by atoms with Gasteiger partial charge in [-0.25, -0.2) is 4.79 Å². The highest BCUT2D eigenvalue weighted by Crippen LogP contribution is 2.36. The number of aromatic amines is 1. The number of halogens is 1. The van der Waals surface area contributed by atoms with Crippen LogP contribution in [0.2, 0.25) is 5.02 Å². The molecule has 2 heterocycles. The molecule has 0 radical (unpaired) electrons. The highest BCUT2D eigenvalue weighted by atomic mass is 35.5. The molecule has 0 bridgehead atoms. The van der Waals surface area contributed by atoms with E-state index in [-0.39, 0.29) is 17.5 Å². The van der Waals surface area contributed by atoms with E-state index in [2.05, 4.69) is 26.1 Å². The number of ether oxygens (including phenoxy) is 1. The van der Waals surface area contributed by atoms with Gasteiger partial charge in [0.25, 0.3) is 5.91 Å². The van der Waals surface area contributed by atoms with Gasteiger partial charge in [-0.2, -0.15) is 5.10 Å². The van der Waals surface area contributed by atoms with Crippen molar-refractivity contribution in [3.8, 4) is 5.75 Å². The second-order valence-corrected chi connectivity index (χ2v) is 5.68. The van der Waals surface area contributed by atoms with Crippen molar-refractivity contribution in [1.29, 1.82) is 0 Å². The third-order valence-electron chi connectivity index (χ3n) is 3.65. The number of rotatable bonds is 3. The Hall–Kier alpha value is -2.74. The Morgan fingerprint density at radius 1 is 1.42 bits per heavy atom. The number of hydrogen-bond donors (Lipinski definition) is 4. The molecular formula is C15H16ClN5O3. The number of carbonyl (C=O) groups is 2. The topological polar surface area (TPSA) is 108 Å². The number of H-pyrrole nitrogens is 1. The molecule has 4 N–H and O–H groups in total. The predicted octanol–water partition coefficient (Wildman–Crippen LogP) is 2.91. The first-order valence-electron chi connectivity index (χ1n) is 7.36. The summed E-state index contributed by atoms with van der Waals surface area (Å²) in [6, 6.07) is 2.61. The van der Waals surface area contributed by atoms with Crippen molar-refractivity contribution in [3.05, 3.63) is 28.4 Å². The van der Waals surface area contributed by atoms with Gasteiger partial charge in [-0.15, -0.1) is 0 Å². The molecule has 2 aromatic rings. The maximum atomic E-state index is 12.2. The second-order valence-electron chi connectivity index (χ2n) is 5.27. The fourth-order valence-electron chi connectivity index (χ4n) is 2.36. The van der Waals surface area contributed by atoms with Crippen molar-refractivity contribution in [3.63, 3.8) is 0 Å². The zero-order chi connectivity index (χ0) is 17.3. The molecule has 9 heteroatoms. The average Bonchev–Trinajstić information content (AvgIpc) is 2.88. The van der Waals surface area contributed by atoms with E-state index in [1.54, 1.807) is 6.07 Å². The Balaban J connectivity index is 1.74. The lowest BCUT2D eigenvalue weighted by atomic mass is 10.2. The fourth-order valence-corrected chi connectivity index (χ4v) is 2.57. The third-order valence-corrected chi connectivity index (χ3v) is 3.96. The highest BCUT2D eigenvalue weighted by Gasteiger charge is 2.19. The SMILES string of the molecule is CCc1[nH]nc(NC(=O)Nc2cc3c(cc2Cl)NC(=O)CO3)c1C. The summed E-state index contributed by atoms with van der Waals surface area (Å²) < 4.78 is 5.31. The number of nitrogens with zero attached hydrogens (tertiary/aromatic N) is 1. The lowest BCUT2D eigenvalue weighted by Crippen LogP contribution is -2.26. The summed E-state index contributed by atoms with van der Waals surface area (Å²) in [5.74, 6) is 0.651. The van der Waals surface area contributed by atoms with E-state index < -0.39 is 6.03 Å². The molecule has 0 fully saturated rings. The van der Waals surface area contributed by atoms with Gasteiger partial charge in [0, 0.05) is 17.3 Å². The Kier molecular flexibility index (Phi) is 4.30. The molecule has 0 spiro atoms. The summed E-state index contributed by atoms with van der Waals surface area (Å²) in [5.41, 5.74) is 2.68. The van der Waals surface area contributed by atoms with Crippen molar-refractivity contribution in [2.75, 3.05) is 22.6 Å². The van der Waals surface area contributed by atoms with E-state index in [9.17, 15) is 9.59 Å². The van der Waals surface area contributed by atoms with Gasteiger partial charge < -0.3 is 15.4 Å². The van der Waals surface area contributed by atoms with Gasteiger partial charge in [-0.1, -0.05) is 18.5 Å². The molecule has 0 aliphatic carbocycles. The van der Waals surface area contributed by atoms with Crippen LogP contribution >= 0.6 is 11.6 Å². The molecule has 0 saturated heterocycles. The van der Waals surface area contributed by atoms with E-state index in [1.165, 1.54) is 6.07 Å². The number of amides is 3. The second kappa shape index (κ2) is 6.40. The Bertz CT molecular complexity index is 818. The zero-order valence-electron chi connectivity index (χ0n) is 13.1. The minimum atomic E-state index is -0.478. The zero-order valence-corrected chi connectivity index (χ0v) is 13.9. The Morgan fingerprint density at radius 2 is 2.21 bits per heavy atom. The first kappa shape index (κ1) is 16.1. The summed E-state index contributed by atoms with van der Waals surface area (Å²) in [6.45, 7) is 3.79. The molecule has 1 aromatic heterocycles. The molecule has 126 valence electrons. The smallest absolute Gasteiger partial charge is 0.324 e. The van der Waals surface area contributed by atoms with E-state index in [4.69, 9.17) is 16.3 Å². The lowest BCUT2D eigenvalue weighted by molar-refractivity contribution is -0.118. The Labute approximate surface area is 142 Å². The summed E-state index contributed by atoms with van der Waals surface area (Å²) in [7, 11) is 0. The maximum Gasteiger partial charge on any atom is 0.324 e. The third kappa shape index (κ3) is 3.13. The van der Waals surface area contributed by atoms with Crippen LogP contribution in [0.1, 0.15) is 18.2 Å². The van der Waals surface area contributed by atoms with E-state index >= 15 is 0 Å². The van der Waals surface area contributed by atoms with Crippen LogP contribution in [0, 0.1) is 6.92 Å². The number of fused-ring (bicyclic) bond motifs is 1. The number of nitrogens with one attached hydrogen (secondary N) is 4. The van der Waals surface area contributed by atoms with Crippen LogP contribution in [0.3, 0.4) is 0 Å². The number of urea groups is 1. The largest absolute Gasteiger partial charge is 0.482 e. The van der Waals surface area contributed by atoms with Crippen LogP contribution in [0.4, 0.5) is 22.0 Å². The van der Waals surface area contributed by atoms with Crippen LogP contribution < -0.4 is 20.7 Å². The van der Waals surface area contributed by atoms with Crippen molar-refractivity contribution < 1.29 is 14.3 Å². The van der Waals surface area contributed by atoms with Crippen molar-refractivity contribution in [1.82, 2.24) is 10.2 Å². The van der Waals surface area contributed by atoms with Crippen molar-refractivity contribution in [2.45, 2.75) is 20.3 Å². The first-order valence-corrected chi connectivity index (χ1v) is 7.73. The molecule has 0 unspecified atom stereocenters. The van der Waals surface area contributed by atoms with Gasteiger partial charge in [0.15, 0.2) is 12.4 Å². The maximum absolute atomic E-state index is 12.2. The summed E-state index contributed by atoms with van der Waals surface area (Å²) >= 11 is 6.14. The van der Waals surface area contributed by atoms with Crippen LogP contribution in [-0.2, 0) is 11.2 Å². The van der Waals surface area contributed by atoms with Crippen molar-refractivity contribution >= 4 is 40.7 Å². The highest BCUT2D eigenvalue weighted by molar-refractivity contribution is 6.34. The molecule has 3 amide bonds. The predicted molar refractivity (Wildman–Crippen MR) is 90.9 cm³/mol. The summed E-state index contributed by atoms with van der Waals surface area (Å²) in [6.07, 6.45) is 0.793. The molecule has 8 nitrogen and oxygen atoms in total. The summed E-state index contributed by atoms with van der Waals surface area (Å²) in [4.78, 5) is 23.5. The standard InChI is InChI=1S/C15H16ClN5O3/c1-3-9-7(2)14(21-20-9)19-15(23)18-10-5-12-11(4-8(10)16)17-13(22)6-24-12/h4-5H,3,6H2,1-2H3,(H,17,22)(H3,18,19,20,21,23). The fraction of sp³-hybridized carbons (Fsp3) is 0.267. The van der Waals surface area contributed by atoms with Gasteiger partial charge in [0.2, 0.25) is 0 Å². The van der Waals surface area contributed by atoms with E-state index in [0.717, 1.165) is 17.7 Å². The van der Waals surface area contributed by atoms with Crippen LogP contribution in [0.5, 0.6) is 5.75 Å². The van der Waals surface area contributed by atoms with Gasteiger partial charge in [-0.05, 0) is 19.4 Å². The number of aromatic nitrogens is 2. The van der Waals surface area contributed by atoms with Gasteiger partial charge in [-0.3, -0.25) is 15.2 Å². The minimum Gasteiger partial charge on any atom is -0.482 e. The van der Waals surface area contributed by atoms with E-state index in [1.807, 2.05) is 13.8 Å². The first-order chi connectivity index (χ1) is 11.5. The van der Waals surface area contributed by atoms with Gasteiger partial charge in [0.1, 0.15) is 5.75 Å². The molecular weight excluding hydrogens is 334 g/mol. The Morgan fingerprint density at radius 3 is 2.92 bits per heavy atom. The van der Waals surface area contributed by atoms with Crippen LogP contribution in [-0.4, -0.2) is 28.7 Å². The molecule has 1 aliphatic rings. The molecule has 0 atom stereocenters. The summed E-state index contributed by atoms with van der Waals surface area (Å²) in [5, 5.41) is 15.2. The van der Waals surface area contributed by atoms with Crippen LogP contribution in [0.25, 0.3) is 0 Å². The van der Waals surface area contributed by atoms with E-state index in [0.29, 0.717) is 22.9 Å². The lowest BCUT2D eigenvalue weighted by Gasteiger charge is -2.19. The normalized spacial score (nSPS) is 12.9. The minimum absolute atomic E-state index is 0.0769. The quantitative estimate of drug-likeness (QED) is 0.683. The van der Waals surface area contributed by atoms with Gasteiger partial charge >= 0.3 is 6.03 Å². The molecule has 3 rings (SSSR count). The number of benzene rings is 1. The van der Waals surface area contributed by atoms with Crippen LogP contribution in [0.15, 0.2) is 12.1 Å². The van der Waals surface area contributed by atoms with Crippen molar-refractivity contribution in [2.24, 2.45) is 0 Å². The number of hydrogen-bond acceptors (Lipinski definition) is 4.